The Balaban J connectivity index is 2.84. The summed E-state index contributed by atoms with van der Waals surface area (Å²) in [4.78, 5) is 12.1. The molecule has 5 heteroatoms. The molecule has 0 bridgehead atoms. The first-order valence-corrected chi connectivity index (χ1v) is 7.82. The molecule has 1 aromatic carbocycles. The number of rotatable bonds is 8. The SMILES string of the molecule is C=C(Nc1ccc(I)cc1C(=O)NCCC)OCCC. The van der Waals surface area contributed by atoms with Crippen molar-refractivity contribution in [1.82, 2.24) is 5.32 Å². The molecule has 0 atom stereocenters. The molecule has 0 aliphatic rings. The maximum atomic E-state index is 12.1. The number of carbonyl (C=O) groups is 1. The van der Waals surface area contributed by atoms with Gasteiger partial charge in [0.2, 0.25) is 0 Å². The molecule has 1 amide bonds. The highest BCUT2D eigenvalue weighted by Gasteiger charge is 2.12. The van der Waals surface area contributed by atoms with Crippen molar-refractivity contribution in [3.05, 3.63) is 39.8 Å². The number of nitrogens with one attached hydrogen (secondary N) is 2. The Kier molecular flexibility index (Phi) is 7.43. The number of amides is 1. The average Bonchev–Trinajstić information content (AvgIpc) is 2.44. The van der Waals surface area contributed by atoms with Crippen LogP contribution in [0.2, 0.25) is 0 Å². The Bertz CT molecular complexity index is 475. The van der Waals surface area contributed by atoms with Gasteiger partial charge in [0.1, 0.15) is 0 Å². The van der Waals surface area contributed by atoms with Gasteiger partial charge in [-0.05, 0) is 60.2 Å². The minimum atomic E-state index is -0.0869. The van der Waals surface area contributed by atoms with Crippen molar-refractivity contribution in [3.8, 4) is 0 Å². The van der Waals surface area contributed by atoms with Crippen LogP contribution in [-0.4, -0.2) is 19.1 Å². The fourth-order valence-electron chi connectivity index (χ4n) is 1.56. The first-order valence-electron chi connectivity index (χ1n) is 6.75. The maximum Gasteiger partial charge on any atom is 0.253 e. The molecular weight excluding hydrogens is 367 g/mol. The van der Waals surface area contributed by atoms with Gasteiger partial charge in [0.25, 0.3) is 5.91 Å². The van der Waals surface area contributed by atoms with Crippen LogP contribution in [0, 0.1) is 3.57 Å². The lowest BCUT2D eigenvalue weighted by Gasteiger charge is -2.14. The smallest absolute Gasteiger partial charge is 0.253 e. The van der Waals surface area contributed by atoms with Crippen LogP contribution in [0.3, 0.4) is 0 Å². The topological polar surface area (TPSA) is 50.4 Å². The van der Waals surface area contributed by atoms with Crippen molar-refractivity contribution in [1.29, 1.82) is 0 Å². The van der Waals surface area contributed by atoms with E-state index in [0.29, 0.717) is 30.3 Å². The summed E-state index contributed by atoms with van der Waals surface area (Å²) in [7, 11) is 0. The van der Waals surface area contributed by atoms with Gasteiger partial charge in [-0.3, -0.25) is 4.79 Å². The maximum absolute atomic E-state index is 12.1. The molecule has 20 heavy (non-hydrogen) atoms. The Morgan fingerprint density at radius 2 is 2.10 bits per heavy atom. The summed E-state index contributed by atoms with van der Waals surface area (Å²) in [6.07, 6.45) is 1.82. The molecule has 2 N–H and O–H groups in total. The van der Waals surface area contributed by atoms with Gasteiger partial charge >= 0.3 is 0 Å². The zero-order chi connectivity index (χ0) is 15.0. The summed E-state index contributed by atoms with van der Waals surface area (Å²) in [5.41, 5.74) is 1.31. The molecule has 0 saturated heterocycles. The van der Waals surface area contributed by atoms with E-state index < -0.39 is 0 Å². The molecule has 0 aromatic heterocycles. The average molecular weight is 388 g/mol. The Morgan fingerprint density at radius 3 is 2.75 bits per heavy atom. The molecule has 0 heterocycles. The van der Waals surface area contributed by atoms with E-state index in [0.717, 1.165) is 16.4 Å². The molecule has 0 saturated carbocycles. The number of benzene rings is 1. The Labute approximate surface area is 134 Å². The third-order valence-electron chi connectivity index (χ3n) is 2.52. The lowest BCUT2D eigenvalue weighted by molar-refractivity contribution is 0.0954. The van der Waals surface area contributed by atoms with E-state index in [9.17, 15) is 4.79 Å². The largest absolute Gasteiger partial charge is 0.479 e. The summed E-state index contributed by atoms with van der Waals surface area (Å²) >= 11 is 2.19. The monoisotopic (exact) mass is 388 g/mol. The normalized spacial score (nSPS) is 9.95. The molecule has 1 rings (SSSR count). The standard InChI is InChI=1S/C15H21IN2O2/c1-4-8-17-15(19)13-10-12(16)6-7-14(13)18-11(3)20-9-5-2/h6-7,10,18H,3-5,8-9H2,1-2H3,(H,17,19). The van der Waals surface area contributed by atoms with Gasteiger partial charge < -0.3 is 15.4 Å². The number of anilines is 1. The number of halogens is 1. The molecule has 110 valence electrons. The predicted molar refractivity (Wildman–Crippen MR) is 90.8 cm³/mol. The Hall–Kier alpha value is -1.24. The molecule has 1 aromatic rings. The number of hydrogen-bond acceptors (Lipinski definition) is 3. The molecule has 0 spiro atoms. The van der Waals surface area contributed by atoms with Crippen LogP contribution in [0.4, 0.5) is 5.69 Å². The fourth-order valence-corrected chi connectivity index (χ4v) is 2.05. The highest BCUT2D eigenvalue weighted by atomic mass is 127. The van der Waals surface area contributed by atoms with Gasteiger partial charge in [0.05, 0.1) is 17.9 Å². The van der Waals surface area contributed by atoms with Crippen LogP contribution in [0.5, 0.6) is 0 Å². The van der Waals surface area contributed by atoms with Crippen molar-refractivity contribution in [2.45, 2.75) is 26.7 Å². The van der Waals surface area contributed by atoms with Crippen LogP contribution in [0.1, 0.15) is 37.0 Å². The van der Waals surface area contributed by atoms with E-state index in [1.807, 2.05) is 32.0 Å². The zero-order valence-corrected chi connectivity index (χ0v) is 14.1. The van der Waals surface area contributed by atoms with E-state index in [1.54, 1.807) is 0 Å². The van der Waals surface area contributed by atoms with Crippen LogP contribution in [-0.2, 0) is 4.74 Å². The molecule has 4 nitrogen and oxygen atoms in total. The second-order valence-electron chi connectivity index (χ2n) is 4.34. The highest BCUT2D eigenvalue weighted by Crippen LogP contribution is 2.20. The highest BCUT2D eigenvalue weighted by molar-refractivity contribution is 14.1. The summed E-state index contributed by atoms with van der Waals surface area (Å²) < 4.78 is 6.41. The van der Waals surface area contributed by atoms with E-state index in [1.165, 1.54) is 0 Å². The van der Waals surface area contributed by atoms with Crippen molar-refractivity contribution in [3.63, 3.8) is 0 Å². The molecular formula is C15H21IN2O2. The summed E-state index contributed by atoms with van der Waals surface area (Å²) in [6.45, 7) is 9.13. The number of hydrogen-bond donors (Lipinski definition) is 2. The van der Waals surface area contributed by atoms with Crippen molar-refractivity contribution in [2.75, 3.05) is 18.5 Å². The molecule has 0 radical (unpaired) electrons. The zero-order valence-electron chi connectivity index (χ0n) is 12.0. The van der Waals surface area contributed by atoms with Gasteiger partial charge in [0.15, 0.2) is 5.88 Å². The number of carbonyl (C=O) groups excluding carboxylic acids is 1. The molecule has 0 unspecified atom stereocenters. The summed E-state index contributed by atoms with van der Waals surface area (Å²) in [5.74, 6) is 0.369. The summed E-state index contributed by atoms with van der Waals surface area (Å²) in [6, 6.07) is 5.65. The minimum Gasteiger partial charge on any atom is -0.479 e. The van der Waals surface area contributed by atoms with E-state index >= 15 is 0 Å². The quantitative estimate of drug-likeness (QED) is 0.527. The van der Waals surface area contributed by atoms with Crippen LogP contribution in [0.15, 0.2) is 30.7 Å². The van der Waals surface area contributed by atoms with Gasteiger partial charge in [-0.2, -0.15) is 0 Å². The van der Waals surface area contributed by atoms with Crippen LogP contribution < -0.4 is 10.6 Å². The van der Waals surface area contributed by atoms with Crippen LogP contribution in [0.25, 0.3) is 0 Å². The second-order valence-corrected chi connectivity index (χ2v) is 5.59. The van der Waals surface area contributed by atoms with Crippen molar-refractivity contribution >= 4 is 34.2 Å². The first-order chi connectivity index (χ1) is 9.58. The first kappa shape index (κ1) is 16.8. The van der Waals surface area contributed by atoms with E-state index in [4.69, 9.17) is 4.74 Å². The van der Waals surface area contributed by atoms with Crippen LogP contribution >= 0.6 is 22.6 Å². The fraction of sp³-hybridized carbons (Fsp3) is 0.400. The third kappa shape index (κ3) is 5.40. The molecule has 0 fully saturated rings. The van der Waals surface area contributed by atoms with Gasteiger partial charge in [0, 0.05) is 10.1 Å². The van der Waals surface area contributed by atoms with E-state index in [2.05, 4.69) is 39.8 Å². The van der Waals surface area contributed by atoms with Crippen molar-refractivity contribution < 1.29 is 9.53 Å². The lowest BCUT2D eigenvalue weighted by Crippen LogP contribution is -2.25. The van der Waals surface area contributed by atoms with E-state index in [-0.39, 0.29) is 5.91 Å². The predicted octanol–water partition coefficient (Wildman–Crippen LogP) is 3.74. The number of ether oxygens (including phenoxy) is 1. The minimum absolute atomic E-state index is 0.0869. The summed E-state index contributed by atoms with van der Waals surface area (Å²) in [5, 5.41) is 5.93. The Morgan fingerprint density at radius 1 is 1.35 bits per heavy atom. The van der Waals surface area contributed by atoms with Gasteiger partial charge in [-0.25, -0.2) is 0 Å². The third-order valence-corrected chi connectivity index (χ3v) is 3.19. The molecule has 0 aliphatic heterocycles. The van der Waals surface area contributed by atoms with Crippen molar-refractivity contribution in [2.24, 2.45) is 0 Å². The van der Waals surface area contributed by atoms with Gasteiger partial charge in [-0.15, -0.1) is 0 Å². The molecule has 0 aliphatic carbocycles. The second kappa shape index (κ2) is 8.84. The lowest BCUT2D eigenvalue weighted by atomic mass is 10.1. The van der Waals surface area contributed by atoms with Gasteiger partial charge in [-0.1, -0.05) is 13.8 Å².